The molecule has 1 aliphatic heterocycles. The highest BCUT2D eigenvalue weighted by atomic mass is 32.2. The Kier molecular flexibility index (Phi) is 5.64. The van der Waals surface area contributed by atoms with Crippen molar-refractivity contribution in [3.05, 3.63) is 24.4 Å². The molecule has 1 aromatic heterocycles. The number of nitrogens with zero attached hydrogens (tertiary/aromatic N) is 4. The van der Waals surface area contributed by atoms with Crippen LogP contribution in [0.2, 0.25) is 0 Å². The van der Waals surface area contributed by atoms with E-state index in [-0.39, 0.29) is 17.5 Å². The lowest BCUT2D eigenvalue weighted by Crippen LogP contribution is -2.37. The molecule has 0 amide bonds. The van der Waals surface area contributed by atoms with Crippen molar-refractivity contribution in [2.75, 3.05) is 42.5 Å². The minimum atomic E-state index is -2.99. The number of methoxy groups -OCH3 is 2. The summed E-state index contributed by atoms with van der Waals surface area (Å²) in [7, 11) is 0.168. The molecular formula is C17H23N5O4S. The fourth-order valence-electron chi connectivity index (χ4n) is 3.15. The van der Waals surface area contributed by atoms with Crippen molar-refractivity contribution >= 4 is 27.3 Å². The molecule has 146 valence electrons. The molecule has 1 aliphatic rings. The average molecular weight is 393 g/mol. The number of rotatable bonds is 7. The van der Waals surface area contributed by atoms with E-state index >= 15 is 0 Å². The Morgan fingerprint density at radius 1 is 1.30 bits per heavy atom. The van der Waals surface area contributed by atoms with Crippen LogP contribution in [-0.2, 0) is 9.84 Å². The lowest BCUT2D eigenvalue weighted by molar-refractivity contribution is 0.405. The number of sulfone groups is 1. The second-order valence-corrected chi connectivity index (χ2v) is 8.40. The maximum Gasteiger partial charge on any atom is 0.249 e. The van der Waals surface area contributed by atoms with E-state index in [1.54, 1.807) is 38.6 Å². The molecule has 9 nitrogen and oxygen atoms in total. The van der Waals surface area contributed by atoms with Crippen molar-refractivity contribution in [3.8, 4) is 11.5 Å². The average Bonchev–Trinajstić information content (AvgIpc) is 3.02. The lowest BCUT2D eigenvalue weighted by atomic mass is 10.2. The predicted molar refractivity (Wildman–Crippen MR) is 103 cm³/mol. The van der Waals surface area contributed by atoms with E-state index in [4.69, 9.17) is 9.47 Å². The molecule has 2 heterocycles. The SMILES string of the molecule is CCN(c1cnnc(Nc2cc(OC)ccc2OC)n1)C1CCS(=O)(=O)C1. The van der Waals surface area contributed by atoms with Crippen LogP contribution < -0.4 is 19.7 Å². The molecule has 0 radical (unpaired) electrons. The quantitative estimate of drug-likeness (QED) is 0.751. The maximum atomic E-state index is 11.8. The summed E-state index contributed by atoms with van der Waals surface area (Å²) in [5.74, 6) is 2.49. The third kappa shape index (κ3) is 4.38. The highest BCUT2D eigenvalue weighted by Gasteiger charge is 2.32. The van der Waals surface area contributed by atoms with Crippen LogP contribution in [0.15, 0.2) is 24.4 Å². The summed E-state index contributed by atoms with van der Waals surface area (Å²) in [5, 5.41) is 11.1. The van der Waals surface area contributed by atoms with Gasteiger partial charge in [0.25, 0.3) is 0 Å². The summed E-state index contributed by atoms with van der Waals surface area (Å²) in [6.07, 6.45) is 2.13. The summed E-state index contributed by atoms with van der Waals surface area (Å²) in [6.45, 7) is 2.59. The number of nitrogens with one attached hydrogen (secondary N) is 1. The van der Waals surface area contributed by atoms with Crippen LogP contribution in [0.25, 0.3) is 0 Å². The van der Waals surface area contributed by atoms with Gasteiger partial charge in [0.2, 0.25) is 5.95 Å². The molecular weight excluding hydrogens is 370 g/mol. The van der Waals surface area contributed by atoms with E-state index < -0.39 is 9.84 Å². The first-order valence-electron chi connectivity index (χ1n) is 8.61. The van der Waals surface area contributed by atoms with Crippen molar-refractivity contribution in [2.45, 2.75) is 19.4 Å². The Morgan fingerprint density at radius 3 is 2.74 bits per heavy atom. The van der Waals surface area contributed by atoms with E-state index in [0.717, 1.165) is 0 Å². The largest absolute Gasteiger partial charge is 0.497 e. The molecule has 27 heavy (non-hydrogen) atoms. The zero-order chi connectivity index (χ0) is 19.4. The Morgan fingerprint density at radius 2 is 2.11 bits per heavy atom. The van der Waals surface area contributed by atoms with Crippen LogP contribution in [0.1, 0.15) is 13.3 Å². The van der Waals surface area contributed by atoms with Crippen LogP contribution in [0.4, 0.5) is 17.5 Å². The number of aromatic nitrogens is 3. The zero-order valence-electron chi connectivity index (χ0n) is 15.5. The zero-order valence-corrected chi connectivity index (χ0v) is 16.4. The van der Waals surface area contributed by atoms with Crippen LogP contribution in [0, 0.1) is 0 Å². The summed E-state index contributed by atoms with van der Waals surface area (Å²) in [6, 6.07) is 5.24. The maximum absolute atomic E-state index is 11.8. The molecule has 0 bridgehead atoms. The van der Waals surface area contributed by atoms with Gasteiger partial charge in [0.15, 0.2) is 15.7 Å². The Balaban J connectivity index is 1.85. The minimum Gasteiger partial charge on any atom is -0.497 e. The van der Waals surface area contributed by atoms with E-state index in [1.165, 1.54) is 0 Å². The molecule has 1 fully saturated rings. The Hall–Kier alpha value is -2.62. The van der Waals surface area contributed by atoms with Gasteiger partial charge in [0, 0.05) is 18.7 Å². The van der Waals surface area contributed by atoms with Crippen molar-refractivity contribution in [1.82, 2.24) is 15.2 Å². The van der Waals surface area contributed by atoms with Gasteiger partial charge in [-0.15, -0.1) is 5.10 Å². The van der Waals surface area contributed by atoms with Crippen molar-refractivity contribution in [2.24, 2.45) is 0 Å². The normalized spacial score (nSPS) is 18.1. The molecule has 1 atom stereocenters. The first-order valence-corrected chi connectivity index (χ1v) is 10.4. The van der Waals surface area contributed by atoms with Crippen molar-refractivity contribution in [1.29, 1.82) is 0 Å². The first-order chi connectivity index (χ1) is 13.0. The topological polar surface area (TPSA) is 107 Å². The number of ether oxygens (including phenoxy) is 2. The molecule has 1 saturated heterocycles. The van der Waals surface area contributed by atoms with E-state index in [0.29, 0.717) is 41.9 Å². The molecule has 1 aromatic carbocycles. The number of hydrogen-bond acceptors (Lipinski definition) is 9. The van der Waals surface area contributed by atoms with Gasteiger partial charge in [-0.1, -0.05) is 0 Å². The lowest BCUT2D eigenvalue weighted by Gasteiger charge is -2.27. The Bertz CT molecular complexity index is 906. The Labute approximate surface area is 158 Å². The van der Waals surface area contributed by atoms with Gasteiger partial charge in [0.05, 0.1) is 37.6 Å². The molecule has 2 aromatic rings. The van der Waals surface area contributed by atoms with Gasteiger partial charge in [0.1, 0.15) is 11.5 Å². The number of benzene rings is 1. The van der Waals surface area contributed by atoms with Crippen LogP contribution >= 0.6 is 0 Å². The highest BCUT2D eigenvalue weighted by molar-refractivity contribution is 7.91. The fourth-order valence-corrected chi connectivity index (χ4v) is 4.88. The monoisotopic (exact) mass is 393 g/mol. The van der Waals surface area contributed by atoms with Gasteiger partial charge in [-0.3, -0.25) is 0 Å². The van der Waals surface area contributed by atoms with Crippen LogP contribution in [0.3, 0.4) is 0 Å². The van der Waals surface area contributed by atoms with Gasteiger partial charge >= 0.3 is 0 Å². The van der Waals surface area contributed by atoms with E-state index in [9.17, 15) is 8.42 Å². The summed E-state index contributed by atoms with van der Waals surface area (Å²) < 4.78 is 34.2. The molecule has 0 spiro atoms. The van der Waals surface area contributed by atoms with Gasteiger partial charge in [-0.25, -0.2) is 8.42 Å². The third-order valence-electron chi connectivity index (χ3n) is 4.48. The van der Waals surface area contributed by atoms with Crippen LogP contribution in [0.5, 0.6) is 11.5 Å². The third-order valence-corrected chi connectivity index (χ3v) is 6.23. The van der Waals surface area contributed by atoms with Gasteiger partial charge < -0.3 is 19.7 Å². The van der Waals surface area contributed by atoms with E-state index in [2.05, 4.69) is 20.5 Å². The summed E-state index contributed by atoms with van der Waals surface area (Å²) in [4.78, 5) is 6.46. The predicted octanol–water partition coefficient (Wildman–Crippen LogP) is 1.65. The molecule has 10 heteroatoms. The second-order valence-electron chi connectivity index (χ2n) is 6.17. The van der Waals surface area contributed by atoms with Crippen molar-refractivity contribution in [3.63, 3.8) is 0 Å². The van der Waals surface area contributed by atoms with Gasteiger partial charge in [-0.05, 0) is 25.5 Å². The van der Waals surface area contributed by atoms with Crippen molar-refractivity contribution < 1.29 is 17.9 Å². The molecule has 3 rings (SSSR count). The summed E-state index contributed by atoms with van der Waals surface area (Å²) >= 11 is 0. The highest BCUT2D eigenvalue weighted by Crippen LogP contribution is 2.31. The smallest absolute Gasteiger partial charge is 0.249 e. The molecule has 1 N–H and O–H groups in total. The van der Waals surface area contributed by atoms with Gasteiger partial charge in [-0.2, -0.15) is 10.1 Å². The fraction of sp³-hybridized carbons (Fsp3) is 0.471. The molecule has 1 unspecified atom stereocenters. The summed E-state index contributed by atoms with van der Waals surface area (Å²) in [5.41, 5.74) is 0.641. The minimum absolute atomic E-state index is 0.101. The molecule has 0 saturated carbocycles. The number of hydrogen-bond donors (Lipinski definition) is 1. The molecule has 0 aliphatic carbocycles. The first kappa shape index (κ1) is 19.2. The second kappa shape index (κ2) is 7.95. The van der Waals surface area contributed by atoms with E-state index in [1.807, 2.05) is 11.8 Å². The standard InChI is InChI=1S/C17H23N5O4S/c1-4-22(12-7-8-27(23,24)11-12)16-10-18-21-17(20-16)19-14-9-13(25-2)5-6-15(14)26-3/h5-6,9-10,12H,4,7-8,11H2,1-3H3,(H,19,20,21). The number of anilines is 3. The van der Waals surface area contributed by atoms with Crippen LogP contribution in [-0.4, -0.2) is 61.9 Å².